The summed E-state index contributed by atoms with van der Waals surface area (Å²) in [5.41, 5.74) is -0.789. The van der Waals surface area contributed by atoms with Gasteiger partial charge in [-0.15, -0.1) is 0 Å². The Balaban J connectivity index is 2.22. The predicted molar refractivity (Wildman–Crippen MR) is 59.4 cm³/mol. The molecule has 0 unspecified atom stereocenters. The summed E-state index contributed by atoms with van der Waals surface area (Å²) in [6, 6.07) is -0.521. The number of aliphatic carboxylic acids is 1. The van der Waals surface area contributed by atoms with Crippen molar-refractivity contribution in [2.24, 2.45) is 5.41 Å². The lowest BCUT2D eigenvalue weighted by Gasteiger charge is -2.13. The van der Waals surface area contributed by atoms with Gasteiger partial charge in [-0.2, -0.15) is 0 Å². The summed E-state index contributed by atoms with van der Waals surface area (Å²) in [4.78, 5) is 34.6. The van der Waals surface area contributed by atoms with E-state index in [1.54, 1.807) is 14.1 Å². The number of amides is 3. The van der Waals surface area contributed by atoms with Crippen molar-refractivity contribution in [2.45, 2.75) is 12.8 Å². The van der Waals surface area contributed by atoms with Crippen LogP contribution in [0.1, 0.15) is 12.8 Å². The molecule has 0 aromatic heterocycles. The lowest BCUT2D eigenvalue weighted by Crippen LogP contribution is -2.44. The minimum atomic E-state index is -0.887. The number of hydrogen-bond acceptors (Lipinski definition) is 3. The Morgan fingerprint density at radius 1 is 1.24 bits per heavy atom. The van der Waals surface area contributed by atoms with Gasteiger partial charge in [-0.05, 0) is 12.8 Å². The molecule has 0 aromatic rings. The second-order valence-electron chi connectivity index (χ2n) is 4.41. The molecule has 0 spiro atoms. The van der Waals surface area contributed by atoms with Crippen LogP contribution >= 0.6 is 0 Å². The van der Waals surface area contributed by atoms with Crippen LogP contribution in [0.3, 0.4) is 0 Å². The number of carboxylic acids is 1. The first-order valence-corrected chi connectivity index (χ1v) is 5.33. The fraction of sp³-hybridized carbons (Fsp3) is 0.700. The summed E-state index contributed by atoms with van der Waals surface area (Å²) in [6.45, 7) is 0.00320. The van der Waals surface area contributed by atoms with Crippen molar-refractivity contribution in [3.8, 4) is 0 Å². The van der Waals surface area contributed by atoms with Gasteiger partial charge >= 0.3 is 12.0 Å². The molecule has 0 aliphatic heterocycles. The predicted octanol–water partition coefficient (Wildman–Crippen LogP) is -0.761. The van der Waals surface area contributed by atoms with E-state index in [2.05, 4.69) is 10.6 Å². The average molecular weight is 243 g/mol. The van der Waals surface area contributed by atoms with Crippen LogP contribution < -0.4 is 10.6 Å². The highest BCUT2D eigenvalue weighted by molar-refractivity contribution is 5.84. The van der Waals surface area contributed by atoms with Crippen LogP contribution in [-0.2, 0) is 9.59 Å². The number of rotatable bonds is 5. The van der Waals surface area contributed by atoms with Gasteiger partial charge in [0.05, 0.1) is 12.0 Å². The van der Waals surface area contributed by atoms with E-state index in [0.29, 0.717) is 12.8 Å². The van der Waals surface area contributed by atoms with Gasteiger partial charge in [0.25, 0.3) is 0 Å². The summed E-state index contributed by atoms with van der Waals surface area (Å²) in [5, 5.41) is 13.7. The summed E-state index contributed by atoms with van der Waals surface area (Å²) < 4.78 is 0. The molecule has 0 saturated heterocycles. The largest absolute Gasteiger partial charge is 0.481 e. The van der Waals surface area contributed by atoms with Crippen LogP contribution in [0.15, 0.2) is 0 Å². The van der Waals surface area contributed by atoms with E-state index < -0.39 is 17.4 Å². The summed E-state index contributed by atoms with van der Waals surface area (Å²) >= 11 is 0. The third-order valence-electron chi connectivity index (χ3n) is 2.79. The van der Waals surface area contributed by atoms with Gasteiger partial charge in [-0.3, -0.25) is 9.59 Å². The maximum atomic E-state index is 11.3. The number of hydrogen-bond donors (Lipinski definition) is 3. The molecule has 0 aromatic carbocycles. The highest BCUT2D eigenvalue weighted by atomic mass is 16.4. The number of carbonyl (C=O) groups is 3. The average Bonchev–Trinajstić information content (AvgIpc) is 3.03. The minimum Gasteiger partial charge on any atom is -0.481 e. The van der Waals surface area contributed by atoms with Gasteiger partial charge in [-0.25, -0.2) is 4.79 Å². The Morgan fingerprint density at radius 2 is 1.82 bits per heavy atom. The molecule has 96 valence electrons. The Morgan fingerprint density at radius 3 is 2.24 bits per heavy atom. The lowest BCUT2D eigenvalue weighted by atomic mass is 10.1. The molecule has 0 atom stereocenters. The van der Waals surface area contributed by atoms with Gasteiger partial charge in [0, 0.05) is 20.6 Å². The number of carbonyl (C=O) groups excluding carboxylic acids is 2. The Bertz CT molecular complexity index is 336. The van der Waals surface area contributed by atoms with Crippen molar-refractivity contribution >= 4 is 17.9 Å². The maximum absolute atomic E-state index is 11.3. The summed E-state index contributed by atoms with van der Waals surface area (Å²) in [6.07, 6.45) is 1.17. The molecule has 0 radical (unpaired) electrons. The number of urea groups is 1. The van der Waals surface area contributed by atoms with Gasteiger partial charge in [-0.1, -0.05) is 0 Å². The first kappa shape index (κ1) is 13.3. The summed E-state index contributed by atoms with van der Waals surface area (Å²) in [7, 11) is 3.18. The van der Waals surface area contributed by atoms with E-state index in [1.165, 1.54) is 4.90 Å². The molecule has 17 heavy (non-hydrogen) atoms. The van der Waals surface area contributed by atoms with Gasteiger partial charge in [0.2, 0.25) is 5.91 Å². The Labute approximate surface area is 99.2 Å². The third-order valence-corrected chi connectivity index (χ3v) is 2.79. The number of carboxylic acid groups (broad SMARTS) is 1. The number of nitrogens with zero attached hydrogens (tertiary/aromatic N) is 1. The van der Waals surface area contributed by atoms with E-state index >= 15 is 0 Å². The zero-order valence-corrected chi connectivity index (χ0v) is 9.95. The normalized spacial score (nSPS) is 15.9. The molecule has 7 nitrogen and oxygen atoms in total. The molecule has 3 N–H and O–H groups in total. The van der Waals surface area contributed by atoms with Crippen LogP contribution in [-0.4, -0.2) is 55.1 Å². The second kappa shape index (κ2) is 5.03. The topological polar surface area (TPSA) is 98.7 Å². The van der Waals surface area contributed by atoms with Gasteiger partial charge in [0.1, 0.15) is 0 Å². The maximum Gasteiger partial charge on any atom is 0.315 e. The fourth-order valence-electron chi connectivity index (χ4n) is 1.24. The third kappa shape index (κ3) is 3.61. The highest BCUT2D eigenvalue weighted by Gasteiger charge is 2.50. The monoisotopic (exact) mass is 243 g/mol. The van der Waals surface area contributed by atoms with Crippen molar-refractivity contribution in [3.05, 3.63) is 0 Å². The first-order valence-electron chi connectivity index (χ1n) is 5.33. The van der Waals surface area contributed by atoms with E-state index in [4.69, 9.17) is 5.11 Å². The molecule has 0 bridgehead atoms. The molecule has 1 aliphatic rings. The van der Waals surface area contributed by atoms with Crippen LogP contribution in [0.25, 0.3) is 0 Å². The number of nitrogens with one attached hydrogen (secondary N) is 2. The number of likely N-dealkylation sites (N-methyl/N-ethyl adjacent to an activating group) is 1. The molecular formula is C10H17N3O4. The van der Waals surface area contributed by atoms with Crippen molar-refractivity contribution in [3.63, 3.8) is 0 Å². The van der Waals surface area contributed by atoms with Gasteiger partial charge in [0.15, 0.2) is 0 Å². The van der Waals surface area contributed by atoms with E-state index in [1.807, 2.05) is 0 Å². The molecule has 1 saturated carbocycles. The SMILES string of the molecule is CN(C)C(=O)CNC(=O)NCC1(C(=O)O)CC1. The van der Waals surface area contributed by atoms with Crippen molar-refractivity contribution in [1.82, 2.24) is 15.5 Å². The first-order chi connectivity index (χ1) is 7.87. The zero-order valence-electron chi connectivity index (χ0n) is 9.95. The van der Waals surface area contributed by atoms with Crippen LogP contribution in [0.2, 0.25) is 0 Å². The van der Waals surface area contributed by atoms with Gasteiger partial charge < -0.3 is 20.6 Å². The molecule has 1 fully saturated rings. The second-order valence-corrected chi connectivity index (χ2v) is 4.41. The van der Waals surface area contributed by atoms with Crippen molar-refractivity contribution < 1.29 is 19.5 Å². The van der Waals surface area contributed by atoms with Crippen molar-refractivity contribution in [2.75, 3.05) is 27.2 Å². The molecule has 1 rings (SSSR count). The Kier molecular flexibility index (Phi) is 3.93. The zero-order chi connectivity index (χ0) is 13.1. The van der Waals surface area contributed by atoms with Crippen LogP contribution in [0, 0.1) is 5.41 Å². The molecule has 0 heterocycles. The quantitative estimate of drug-likeness (QED) is 0.591. The van der Waals surface area contributed by atoms with E-state index in [0.717, 1.165) is 0 Å². The highest BCUT2D eigenvalue weighted by Crippen LogP contribution is 2.45. The minimum absolute atomic E-state index is 0.0983. The molecular weight excluding hydrogens is 226 g/mol. The van der Waals surface area contributed by atoms with E-state index in [9.17, 15) is 14.4 Å². The van der Waals surface area contributed by atoms with E-state index in [-0.39, 0.29) is 19.0 Å². The molecule has 3 amide bonds. The van der Waals surface area contributed by atoms with Crippen LogP contribution in [0.5, 0.6) is 0 Å². The lowest BCUT2D eigenvalue weighted by molar-refractivity contribution is -0.143. The Hall–Kier alpha value is -1.79. The molecule has 7 heteroatoms. The fourth-order valence-corrected chi connectivity index (χ4v) is 1.24. The standard InChI is InChI=1S/C10H17N3O4/c1-13(2)7(14)5-11-9(17)12-6-10(3-4-10)8(15)16/h3-6H2,1-2H3,(H,15,16)(H2,11,12,17). The smallest absolute Gasteiger partial charge is 0.315 e. The summed E-state index contributed by atoms with van der Waals surface area (Å²) in [5.74, 6) is -1.11. The molecule has 1 aliphatic carbocycles. The van der Waals surface area contributed by atoms with Crippen molar-refractivity contribution in [1.29, 1.82) is 0 Å². The van der Waals surface area contributed by atoms with Crippen LogP contribution in [0.4, 0.5) is 4.79 Å².